The minimum atomic E-state index is -1.10. The van der Waals surface area contributed by atoms with Gasteiger partial charge in [-0.1, -0.05) is 66.2 Å². The smallest absolute Gasteiger partial charge is 0.262 e. The summed E-state index contributed by atoms with van der Waals surface area (Å²) in [5, 5.41) is 3.00. The molecule has 0 aliphatic carbocycles. The van der Waals surface area contributed by atoms with Gasteiger partial charge in [-0.15, -0.1) is 0 Å². The molecule has 3 aromatic rings. The Morgan fingerprint density at radius 1 is 0.844 bits per heavy atom. The van der Waals surface area contributed by atoms with Crippen LogP contribution in [0.15, 0.2) is 78.9 Å². The first-order valence-corrected chi connectivity index (χ1v) is 10.4. The fourth-order valence-corrected chi connectivity index (χ4v) is 3.87. The molecule has 1 N–H and O–H groups in total. The highest BCUT2D eigenvalue weighted by atomic mass is 35.5. The molecule has 1 heterocycles. The predicted octanol–water partition coefficient (Wildman–Crippen LogP) is 3.55. The molecule has 0 aromatic heterocycles. The van der Waals surface area contributed by atoms with Gasteiger partial charge in [-0.3, -0.25) is 24.1 Å². The summed E-state index contributed by atoms with van der Waals surface area (Å²) in [7, 11) is 0. The van der Waals surface area contributed by atoms with Crippen molar-refractivity contribution in [2.45, 2.75) is 12.5 Å². The summed E-state index contributed by atoms with van der Waals surface area (Å²) in [6, 6.07) is 20.9. The van der Waals surface area contributed by atoms with E-state index in [1.807, 2.05) is 30.3 Å². The third-order valence-electron chi connectivity index (χ3n) is 5.28. The quantitative estimate of drug-likeness (QED) is 0.444. The van der Waals surface area contributed by atoms with Gasteiger partial charge in [0, 0.05) is 17.0 Å². The predicted molar refractivity (Wildman–Crippen MR) is 120 cm³/mol. The lowest BCUT2D eigenvalue weighted by Gasteiger charge is -2.25. The number of nitrogens with zero attached hydrogens (tertiary/aromatic N) is 1. The fourth-order valence-electron chi connectivity index (χ4n) is 3.68. The van der Waals surface area contributed by atoms with Crippen molar-refractivity contribution in [2.24, 2.45) is 0 Å². The maximum Gasteiger partial charge on any atom is 0.262 e. The molecule has 0 bridgehead atoms. The number of benzene rings is 3. The summed E-state index contributed by atoms with van der Waals surface area (Å²) in [5.74, 6) is -1.97. The number of rotatable bonds is 7. The Bertz CT molecular complexity index is 1170. The lowest BCUT2D eigenvalue weighted by molar-refractivity contribution is -0.124. The van der Waals surface area contributed by atoms with E-state index in [4.69, 9.17) is 11.6 Å². The summed E-state index contributed by atoms with van der Waals surface area (Å²) in [5.41, 5.74) is 1.67. The number of nitrogens with one attached hydrogen (secondary N) is 1. The first kappa shape index (κ1) is 21.5. The van der Waals surface area contributed by atoms with Gasteiger partial charge in [0.05, 0.1) is 17.7 Å². The molecule has 0 spiro atoms. The Kier molecular flexibility index (Phi) is 6.14. The molecule has 4 rings (SSSR count). The van der Waals surface area contributed by atoms with Crippen molar-refractivity contribution in [2.75, 3.05) is 6.54 Å². The van der Waals surface area contributed by atoms with E-state index in [-0.39, 0.29) is 29.9 Å². The molecule has 1 aliphatic heterocycles. The van der Waals surface area contributed by atoms with Gasteiger partial charge >= 0.3 is 0 Å². The van der Waals surface area contributed by atoms with Crippen molar-refractivity contribution in [3.05, 3.63) is 106 Å². The number of carbonyl (C=O) groups excluding carboxylic acids is 4. The van der Waals surface area contributed by atoms with E-state index in [2.05, 4.69) is 5.32 Å². The van der Waals surface area contributed by atoms with Crippen molar-refractivity contribution in [1.29, 1.82) is 0 Å². The number of hydrogen-bond acceptors (Lipinski definition) is 4. The Labute approximate surface area is 189 Å². The van der Waals surface area contributed by atoms with E-state index in [9.17, 15) is 19.2 Å². The number of carbonyl (C=O) groups is 4. The minimum absolute atomic E-state index is 0.128. The Hall–Kier alpha value is -3.77. The number of halogens is 1. The Morgan fingerprint density at radius 2 is 1.47 bits per heavy atom. The van der Waals surface area contributed by atoms with Crippen LogP contribution in [0, 0.1) is 0 Å². The molecule has 1 unspecified atom stereocenters. The van der Waals surface area contributed by atoms with Crippen LogP contribution in [0.5, 0.6) is 0 Å². The monoisotopic (exact) mass is 446 g/mol. The number of Topliss-reactive ketones (excluding diaryl/α,β-unsaturated/α-hetero) is 1. The fraction of sp³-hybridized carbons (Fsp3) is 0.120. The van der Waals surface area contributed by atoms with Gasteiger partial charge in [0.25, 0.3) is 11.8 Å². The van der Waals surface area contributed by atoms with Crippen molar-refractivity contribution >= 4 is 35.1 Å². The number of imide groups is 1. The topological polar surface area (TPSA) is 83.6 Å². The summed E-state index contributed by atoms with van der Waals surface area (Å²) < 4.78 is 0. The molecule has 7 heteroatoms. The average molecular weight is 447 g/mol. The van der Waals surface area contributed by atoms with Gasteiger partial charge in [-0.2, -0.15) is 0 Å². The zero-order chi connectivity index (χ0) is 22.7. The molecule has 1 atom stereocenters. The zero-order valence-electron chi connectivity index (χ0n) is 17.0. The van der Waals surface area contributed by atoms with Crippen LogP contribution < -0.4 is 5.32 Å². The third-order valence-corrected chi connectivity index (χ3v) is 5.52. The number of amides is 3. The van der Waals surface area contributed by atoms with Crippen LogP contribution in [0.2, 0.25) is 5.02 Å². The highest BCUT2D eigenvalue weighted by molar-refractivity contribution is 6.31. The van der Waals surface area contributed by atoms with Crippen LogP contribution in [-0.2, 0) is 11.2 Å². The van der Waals surface area contributed by atoms with Crippen LogP contribution in [-0.4, -0.2) is 41.0 Å². The maximum absolute atomic E-state index is 13.1. The lowest BCUT2D eigenvalue weighted by atomic mass is 10.0. The summed E-state index contributed by atoms with van der Waals surface area (Å²) in [6.07, 6.45) is 0.128. The van der Waals surface area contributed by atoms with Crippen molar-refractivity contribution in [3.8, 4) is 0 Å². The molecular formula is C25H19ClN2O4. The van der Waals surface area contributed by atoms with Crippen LogP contribution in [0.1, 0.15) is 36.6 Å². The molecule has 0 saturated heterocycles. The van der Waals surface area contributed by atoms with E-state index >= 15 is 0 Å². The van der Waals surface area contributed by atoms with E-state index in [1.165, 1.54) is 6.07 Å². The molecule has 0 saturated carbocycles. The molecule has 3 aromatic carbocycles. The second-order valence-corrected chi connectivity index (χ2v) is 7.82. The van der Waals surface area contributed by atoms with Gasteiger partial charge in [0.15, 0.2) is 5.78 Å². The second-order valence-electron chi connectivity index (χ2n) is 7.38. The highest BCUT2D eigenvalue weighted by Gasteiger charge is 2.42. The van der Waals surface area contributed by atoms with E-state index in [1.54, 1.807) is 42.5 Å². The first-order valence-electron chi connectivity index (χ1n) is 10.0. The van der Waals surface area contributed by atoms with Gasteiger partial charge < -0.3 is 5.32 Å². The maximum atomic E-state index is 13.1. The van der Waals surface area contributed by atoms with Gasteiger partial charge in [0.2, 0.25) is 5.91 Å². The first-order chi connectivity index (χ1) is 15.5. The number of hydrogen-bond donors (Lipinski definition) is 1. The number of ketones is 1. The van der Waals surface area contributed by atoms with Crippen LogP contribution >= 0.6 is 11.6 Å². The van der Waals surface area contributed by atoms with Crippen LogP contribution in [0.25, 0.3) is 0 Å². The third kappa shape index (κ3) is 4.31. The normalized spacial score (nSPS) is 13.6. The van der Waals surface area contributed by atoms with Crippen LogP contribution in [0.3, 0.4) is 0 Å². The van der Waals surface area contributed by atoms with Gasteiger partial charge in [-0.25, -0.2) is 0 Å². The minimum Gasteiger partial charge on any atom is -0.347 e. The van der Waals surface area contributed by atoms with Crippen molar-refractivity contribution < 1.29 is 19.2 Å². The molecule has 0 fully saturated rings. The molecule has 0 radical (unpaired) electrons. The molecular weight excluding hydrogens is 428 g/mol. The summed E-state index contributed by atoms with van der Waals surface area (Å²) in [4.78, 5) is 52.6. The molecule has 160 valence electrons. The Morgan fingerprint density at radius 3 is 2.09 bits per heavy atom. The van der Waals surface area contributed by atoms with E-state index in [0.717, 1.165) is 10.5 Å². The summed E-state index contributed by atoms with van der Waals surface area (Å²) >= 11 is 5.93. The van der Waals surface area contributed by atoms with Gasteiger partial charge in [-0.05, 0) is 29.8 Å². The summed E-state index contributed by atoms with van der Waals surface area (Å²) in [6.45, 7) is -0.284. The zero-order valence-corrected chi connectivity index (χ0v) is 17.7. The molecule has 6 nitrogen and oxygen atoms in total. The molecule has 3 amide bonds. The average Bonchev–Trinajstić information content (AvgIpc) is 3.06. The largest absolute Gasteiger partial charge is 0.347 e. The van der Waals surface area contributed by atoms with E-state index in [0.29, 0.717) is 10.6 Å². The number of fused-ring (bicyclic) bond motifs is 1. The van der Waals surface area contributed by atoms with Crippen molar-refractivity contribution in [1.82, 2.24) is 10.2 Å². The van der Waals surface area contributed by atoms with E-state index < -0.39 is 23.8 Å². The standard InChI is InChI=1S/C25H19ClN2O4/c26-18-10-6-9-17(14-18)22(29)15-27-23(30)21(13-16-7-2-1-3-8-16)28-24(31)19-11-4-5-12-20(19)25(28)32/h1-12,14,21H,13,15H2,(H,27,30). The molecule has 32 heavy (non-hydrogen) atoms. The second kappa shape index (κ2) is 9.16. The van der Waals surface area contributed by atoms with Crippen LogP contribution in [0.4, 0.5) is 0 Å². The van der Waals surface area contributed by atoms with Crippen molar-refractivity contribution in [3.63, 3.8) is 0 Å². The highest BCUT2D eigenvalue weighted by Crippen LogP contribution is 2.26. The lowest BCUT2D eigenvalue weighted by Crippen LogP contribution is -2.51. The SMILES string of the molecule is O=C(CNC(=O)C(Cc1ccccc1)N1C(=O)c2ccccc2C1=O)c1cccc(Cl)c1. The Balaban J connectivity index is 1.57. The van der Waals surface area contributed by atoms with Gasteiger partial charge in [0.1, 0.15) is 6.04 Å². The molecule has 1 aliphatic rings.